The van der Waals surface area contributed by atoms with Crippen molar-refractivity contribution < 1.29 is 19.1 Å². The molecule has 0 fully saturated rings. The number of amides is 2. The normalized spacial score (nSPS) is 13.6. The van der Waals surface area contributed by atoms with Gasteiger partial charge in [-0.25, -0.2) is 4.79 Å². The van der Waals surface area contributed by atoms with Gasteiger partial charge in [-0.05, 0) is 56.8 Å². The van der Waals surface area contributed by atoms with Crippen LogP contribution in [0.2, 0.25) is 0 Å². The van der Waals surface area contributed by atoms with Crippen LogP contribution in [0, 0.1) is 19.3 Å². The third-order valence-corrected chi connectivity index (χ3v) is 6.57. The number of carbonyl (C=O) groups is 3. The molecule has 1 aromatic rings. The van der Waals surface area contributed by atoms with E-state index in [4.69, 9.17) is 4.74 Å². The smallest absolute Gasteiger partial charge is 0.333 e. The molecule has 38 heavy (non-hydrogen) atoms. The molecule has 1 rings (SSSR count). The average molecular weight is 532 g/mol. The Morgan fingerprint density at radius 2 is 1.55 bits per heavy atom. The molecule has 0 saturated heterocycles. The standard InChI is InChI=1S/C28H45N3O4.C3H8/c1-12-35-26(34)19(3)15-16-31(11)25(33)23(27(5,6)7)30-24(32)22(29-10)28(8,9)21-14-13-18(2)20(4)17-21;1-3-2/h13-15,17,22-23,29H,12,16H2,1-11H3,(H,30,32);3H2,1-2H3/b19-15+;/t22-,23?;/m1./s1. The van der Waals surface area contributed by atoms with Gasteiger partial charge in [0, 0.05) is 24.6 Å². The number of rotatable bonds is 10. The summed E-state index contributed by atoms with van der Waals surface area (Å²) in [6, 6.07) is 4.93. The molecule has 1 aromatic carbocycles. The lowest BCUT2D eigenvalue weighted by molar-refractivity contribution is -0.139. The van der Waals surface area contributed by atoms with Crippen LogP contribution < -0.4 is 10.6 Å². The molecule has 0 radical (unpaired) electrons. The lowest BCUT2D eigenvalue weighted by Gasteiger charge is -2.38. The number of carbonyl (C=O) groups excluding carboxylic acids is 3. The predicted octanol–water partition coefficient (Wildman–Crippen LogP) is 5.08. The SMILES string of the molecule is CCC.CCOC(=O)/C(C)=C/CN(C)C(=O)C(NC(=O)[C@@H](NC)C(C)(C)c1ccc(C)c(C)c1)C(C)(C)C. The Labute approximate surface area is 231 Å². The van der Waals surface area contributed by atoms with Gasteiger partial charge in [-0.1, -0.05) is 79.2 Å². The summed E-state index contributed by atoms with van der Waals surface area (Å²) in [4.78, 5) is 40.3. The zero-order valence-electron chi connectivity index (χ0n) is 26.2. The van der Waals surface area contributed by atoms with E-state index in [0.717, 1.165) is 5.56 Å². The minimum Gasteiger partial charge on any atom is -0.463 e. The van der Waals surface area contributed by atoms with Gasteiger partial charge in [-0.2, -0.15) is 0 Å². The minimum atomic E-state index is -0.747. The highest BCUT2D eigenvalue weighted by molar-refractivity contribution is 5.91. The van der Waals surface area contributed by atoms with E-state index in [-0.39, 0.29) is 18.4 Å². The van der Waals surface area contributed by atoms with Crippen LogP contribution in [0.15, 0.2) is 29.8 Å². The van der Waals surface area contributed by atoms with Crippen molar-refractivity contribution in [1.82, 2.24) is 15.5 Å². The van der Waals surface area contributed by atoms with Gasteiger partial charge in [-0.3, -0.25) is 9.59 Å². The number of aryl methyl sites for hydroxylation is 2. The Kier molecular flexibility index (Phi) is 14.6. The topological polar surface area (TPSA) is 87.7 Å². The third kappa shape index (κ3) is 10.2. The van der Waals surface area contributed by atoms with Crippen LogP contribution in [-0.4, -0.2) is 62.0 Å². The van der Waals surface area contributed by atoms with E-state index >= 15 is 0 Å². The summed E-state index contributed by atoms with van der Waals surface area (Å²) in [7, 11) is 3.42. The summed E-state index contributed by atoms with van der Waals surface area (Å²) in [6.45, 7) is 22.1. The highest BCUT2D eigenvalue weighted by Crippen LogP contribution is 2.30. The summed E-state index contributed by atoms with van der Waals surface area (Å²) in [5, 5.41) is 6.18. The van der Waals surface area contributed by atoms with Gasteiger partial charge in [0.25, 0.3) is 0 Å². The maximum absolute atomic E-state index is 13.5. The van der Waals surface area contributed by atoms with Crippen molar-refractivity contribution in [2.45, 2.75) is 100 Å². The molecule has 0 aliphatic rings. The van der Waals surface area contributed by atoms with Crippen LogP contribution in [0.1, 0.15) is 85.4 Å². The molecule has 0 aliphatic carbocycles. The van der Waals surface area contributed by atoms with Crippen molar-refractivity contribution in [3.05, 3.63) is 46.5 Å². The second-order valence-electron chi connectivity index (χ2n) is 11.6. The molecule has 0 spiro atoms. The second kappa shape index (κ2) is 15.7. The van der Waals surface area contributed by atoms with Crippen LogP contribution in [0.5, 0.6) is 0 Å². The van der Waals surface area contributed by atoms with Gasteiger partial charge < -0.3 is 20.3 Å². The highest BCUT2D eigenvalue weighted by Gasteiger charge is 2.40. The van der Waals surface area contributed by atoms with Gasteiger partial charge in [0.2, 0.25) is 11.8 Å². The quantitative estimate of drug-likeness (QED) is 0.325. The number of likely N-dealkylation sites (N-methyl/N-ethyl adjacent to an activating group) is 2. The molecule has 0 bridgehead atoms. The average Bonchev–Trinajstić information content (AvgIpc) is 2.82. The van der Waals surface area contributed by atoms with Crippen LogP contribution in [0.3, 0.4) is 0 Å². The first-order valence-electron chi connectivity index (χ1n) is 13.6. The first kappa shape index (κ1) is 35.3. The minimum absolute atomic E-state index is 0.224. The van der Waals surface area contributed by atoms with Crippen molar-refractivity contribution in [1.29, 1.82) is 0 Å². The predicted molar refractivity (Wildman–Crippen MR) is 157 cm³/mol. The molecule has 2 N–H and O–H groups in total. The Balaban J connectivity index is 0.00000434. The van der Waals surface area contributed by atoms with Crippen LogP contribution >= 0.6 is 0 Å². The van der Waals surface area contributed by atoms with Crippen LogP contribution in [-0.2, 0) is 24.5 Å². The molecule has 0 aliphatic heterocycles. The van der Waals surface area contributed by atoms with Gasteiger partial charge in [0.1, 0.15) is 6.04 Å². The molecule has 7 nitrogen and oxygen atoms in total. The van der Waals surface area contributed by atoms with Crippen molar-refractivity contribution in [2.75, 3.05) is 27.2 Å². The van der Waals surface area contributed by atoms with E-state index in [2.05, 4.69) is 56.5 Å². The van der Waals surface area contributed by atoms with Gasteiger partial charge in [0.15, 0.2) is 0 Å². The zero-order valence-corrected chi connectivity index (χ0v) is 26.2. The van der Waals surface area contributed by atoms with E-state index in [0.29, 0.717) is 12.2 Å². The fourth-order valence-electron chi connectivity index (χ4n) is 3.92. The summed E-state index contributed by atoms with van der Waals surface area (Å²) in [5.74, 6) is -0.868. The molecular formula is C31H53N3O4. The Morgan fingerprint density at radius 1 is 1.00 bits per heavy atom. The van der Waals surface area contributed by atoms with Gasteiger partial charge in [0.05, 0.1) is 12.6 Å². The molecule has 0 heterocycles. The van der Waals surface area contributed by atoms with E-state index < -0.39 is 28.9 Å². The molecule has 2 atom stereocenters. The molecular weight excluding hydrogens is 478 g/mol. The van der Waals surface area contributed by atoms with E-state index in [1.165, 1.54) is 22.4 Å². The Morgan fingerprint density at radius 3 is 2.00 bits per heavy atom. The number of nitrogens with one attached hydrogen (secondary N) is 2. The Bertz CT molecular complexity index is 960. The van der Waals surface area contributed by atoms with E-state index in [1.807, 2.05) is 34.6 Å². The lowest BCUT2D eigenvalue weighted by Crippen LogP contribution is -2.60. The maximum atomic E-state index is 13.5. The molecule has 2 amide bonds. The number of benzene rings is 1. The molecule has 7 heteroatoms. The maximum Gasteiger partial charge on any atom is 0.333 e. The number of nitrogens with zero attached hydrogens (tertiary/aromatic N) is 1. The molecule has 1 unspecified atom stereocenters. The summed E-state index contributed by atoms with van der Waals surface area (Å²) in [6.07, 6.45) is 2.91. The van der Waals surface area contributed by atoms with E-state index in [1.54, 1.807) is 34.0 Å². The fourth-order valence-corrected chi connectivity index (χ4v) is 3.92. The third-order valence-electron chi connectivity index (χ3n) is 6.57. The summed E-state index contributed by atoms with van der Waals surface area (Å²) < 4.78 is 5.00. The number of ether oxygens (including phenoxy) is 1. The van der Waals surface area contributed by atoms with Crippen LogP contribution in [0.4, 0.5) is 0 Å². The fraction of sp³-hybridized carbons (Fsp3) is 0.645. The number of hydrogen-bond donors (Lipinski definition) is 2. The second-order valence-corrected chi connectivity index (χ2v) is 11.6. The van der Waals surface area contributed by atoms with E-state index in [9.17, 15) is 14.4 Å². The van der Waals surface area contributed by atoms with Crippen molar-refractivity contribution in [2.24, 2.45) is 5.41 Å². The lowest BCUT2D eigenvalue weighted by atomic mass is 9.76. The number of esters is 1. The van der Waals surface area contributed by atoms with Crippen molar-refractivity contribution in [3.63, 3.8) is 0 Å². The summed E-state index contributed by atoms with van der Waals surface area (Å²) in [5.41, 5.74) is 2.81. The van der Waals surface area contributed by atoms with Gasteiger partial charge >= 0.3 is 5.97 Å². The molecule has 0 aromatic heterocycles. The first-order chi connectivity index (χ1) is 17.5. The number of hydrogen-bond acceptors (Lipinski definition) is 5. The highest BCUT2D eigenvalue weighted by atomic mass is 16.5. The molecule has 216 valence electrons. The largest absolute Gasteiger partial charge is 0.463 e. The van der Waals surface area contributed by atoms with Crippen molar-refractivity contribution in [3.8, 4) is 0 Å². The zero-order chi connectivity index (χ0) is 29.8. The first-order valence-corrected chi connectivity index (χ1v) is 13.6. The molecule has 0 saturated carbocycles. The Hall–Kier alpha value is -2.67. The summed E-state index contributed by atoms with van der Waals surface area (Å²) >= 11 is 0. The van der Waals surface area contributed by atoms with Crippen LogP contribution in [0.25, 0.3) is 0 Å². The van der Waals surface area contributed by atoms with Gasteiger partial charge in [-0.15, -0.1) is 0 Å². The monoisotopic (exact) mass is 531 g/mol. The van der Waals surface area contributed by atoms with Crippen molar-refractivity contribution >= 4 is 17.8 Å².